The number of aromatic nitrogens is 4. The third-order valence-corrected chi connectivity index (χ3v) is 4.67. The largest absolute Gasteiger partial charge is 0.463 e. The molecule has 1 aliphatic rings. The van der Waals surface area contributed by atoms with Gasteiger partial charge in [0.15, 0.2) is 17.7 Å². The SMILES string of the molecule is Nc1ncnc2c1ncn2[C@@H]1O[C@H](COC(=O)Cc2ccc(F)cc2)[C@@H](O)[C@H]1O. The van der Waals surface area contributed by atoms with Crippen LogP contribution < -0.4 is 5.73 Å². The van der Waals surface area contributed by atoms with Crippen LogP contribution in [0.5, 0.6) is 0 Å². The van der Waals surface area contributed by atoms with E-state index in [9.17, 15) is 19.4 Å². The Labute approximate surface area is 163 Å². The van der Waals surface area contributed by atoms with Crippen LogP contribution >= 0.6 is 0 Å². The van der Waals surface area contributed by atoms with Crippen LogP contribution in [0.25, 0.3) is 11.2 Å². The average molecular weight is 403 g/mol. The summed E-state index contributed by atoms with van der Waals surface area (Å²) in [5.41, 5.74) is 7.02. The van der Waals surface area contributed by atoms with E-state index in [-0.39, 0.29) is 18.8 Å². The minimum absolute atomic E-state index is 0.0581. The third-order valence-electron chi connectivity index (χ3n) is 4.67. The van der Waals surface area contributed by atoms with Crippen LogP contribution in [-0.2, 0) is 20.7 Å². The van der Waals surface area contributed by atoms with Gasteiger partial charge in [-0.25, -0.2) is 19.3 Å². The zero-order chi connectivity index (χ0) is 20.5. The van der Waals surface area contributed by atoms with Crippen LogP contribution in [0.15, 0.2) is 36.9 Å². The van der Waals surface area contributed by atoms with E-state index in [1.165, 1.54) is 41.5 Å². The molecular weight excluding hydrogens is 385 g/mol. The number of imidazole rings is 1. The van der Waals surface area contributed by atoms with Crippen molar-refractivity contribution >= 4 is 23.0 Å². The molecule has 4 rings (SSSR count). The first-order valence-corrected chi connectivity index (χ1v) is 8.78. The summed E-state index contributed by atoms with van der Waals surface area (Å²) in [4.78, 5) is 24.0. The lowest BCUT2D eigenvalue weighted by atomic mass is 10.1. The molecule has 4 N–H and O–H groups in total. The number of carbonyl (C=O) groups is 1. The second kappa shape index (κ2) is 7.70. The van der Waals surface area contributed by atoms with Gasteiger partial charge in [0.25, 0.3) is 0 Å². The molecule has 0 bridgehead atoms. The number of fused-ring (bicyclic) bond motifs is 1. The highest BCUT2D eigenvalue weighted by molar-refractivity contribution is 5.81. The summed E-state index contributed by atoms with van der Waals surface area (Å²) in [6.07, 6.45) is -1.98. The molecule has 0 aliphatic carbocycles. The number of esters is 1. The van der Waals surface area contributed by atoms with Crippen molar-refractivity contribution in [2.45, 2.75) is 31.0 Å². The Morgan fingerprint density at radius 3 is 2.72 bits per heavy atom. The summed E-state index contributed by atoms with van der Waals surface area (Å²) in [6, 6.07) is 5.46. The molecule has 0 saturated carbocycles. The van der Waals surface area contributed by atoms with Crippen LogP contribution in [-0.4, -0.2) is 60.6 Å². The number of ether oxygens (including phenoxy) is 2. The van der Waals surface area contributed by atoms with Crippen molar-refractivity contribution in [3.8, 4) is 0 Å². The molecule has 0 unspecified atom stereocenters. The quantitative estimate of drug-likeness (QED) is 0.499. The smallest absolute Gasteiger partial charge is 0.310 e. The first-order chi connectivity index (χ1) is 13.9. The Morgan fingerprint density at radius 2 is 1.97 bits per heavy atom. The summed E-state index contributed by atoms with van der Waals surface area (Å²) in [7, 11) is 0. The Bertz CT molecular complexity index is 1030. The zero-order valence-corrected chi connectivity index (χ0v) is 15.1. The molecule has 2 aromatic heterocycles. The van der Waals surface area contributed by atoms with E-state index in [0.717, 1.165) is 0 Å². The van der Waals surface area contributed by atoms with Crippen molar-refractivity contribution in [3.63, 3.8) is 0 Å². The van der Waals surface area contributed by atoms with E-state index in [2.05, 4.69) is 15.0 Å². The predicted octanol–water partition coefficient (Wildman–Crippen LogP) is -0.0473. The molecule has 3 aromatic rings. The first-order valence-electron chi connectivity index (χ1n) is 8.78. The highest BCUT2D eigenvalue weighted by atomic mass is 19.1. The summed E-state index contributed by atoms with van der Waals surface area (Å²) >= 11 is 0. The fraction of sp³-hybridized carbons (Fsp3) is 0.333. The van der Waals surface area contributed by atoms with Crippen LogP contribution in [0.4, 0.5) is 10.2 Å². The van der Waals surface area contributed by atoms with E-state index in [0.29, 0.717) is 16.7 Å². The van der Waals surface area contributed by atoms with Crippen LogP contribution in [0.1, 0.15) is 11.8 Å². The number of aliphatic hydroxyl groups excluding tert-OH is 2. The van der Waals surface area contributed by atoms with Crippen molar-refractivity contribution in [1.82, 2.24) is 19.5 Å². The fourth-order valence-corrected chi connectivity index (χ4v) is 3.15. The number of nitrogens with two attached hydrogens (primary N) is 1. The molecule has 0 spiro atoms. The van der Waals surface area contributed by atoms with Gasteiger partial charge in [0.1, 0.15) is 42.6 Å². The van der Waals surface area contributed by atoms with Crippen molar-refractivity contribution < 1.29 is 28.9 Å². The molecule has 1 aliphatic heterocycles. The number of halogens is 1. The molecule has 152 valence electrons. The number of nitrogens with zero attached hydrogens (tertiary/aromatic N) is 4. The first kappa shape index (κ1) is 19.2. The number of hydrogen-bond donors (Lipinski definition) is 3. The summed E-state index contributed by atoms with van der Waals surface area (Å²) in [6.45, 7) is -0.265. The van der Waals surface area contributed by atoms with Crippen LogP contribution in [0.3, 0.4) is 0 Å². The van der Waals surface area contributed by atoms with Gasteiger partial charge < -0.3 is 25.4 Å². The van der Waals surface area contributed by atoms with Gasteiger partial charge in [-0.1, -0.05) is 12.1 Å². The maximum absolute atomic E-state index is 12.9. The maximum atomic E-state index is 12.9. The minimum Gasteiger partial charge on any atom is -0.463 e. The normalized spacial score (nSPS) is 24.1. The highest BCUT2D eigenvalue weighted by Gasteiger charge is 2.44. The second-order valence-electron chi connectivity index (χ2n) is 6.62. The van der Waals surface area contributed by atoms with Crippen molar-refractivity contribution in [2.75, 3.05) is 12.3 Å². The van der Waals surface area contributed by atoms with E-state index in [1.807, 2.05) is 0 Å². The lowest BCUT2D eigenvalue weighted by molar-refractivity contribution is -0.149. The second-order valence-corrected chi connectivity index (χ2v) is 6.62. The van der Waals surface area contributed by atoms with Crippen molar-refractivity contribution in [1.29, 1.82) is 0 Å². The number of carbonyl (C=O) groups excluding carboxylic acids is 1. The van der Waals surface area contributed by atoms with Gasteiger partial charge in [-0.05, 0) is 17.7 Å². The van der Waals surface area contributed by atoms with Gasteiger partial charge in [-0.2, -0.15) is 0 Å². The Kier molecular flexibility index (Phi) is 5.09. The van der Waals surface area contributed by atoms with Gasteiger partial charge in [-0.15, -0.1) is 0 Å². The molecular formula is C18H18FN5O5. The lowest BCUT2D eigenvalue weighted by Gasteiger charge is -2.16. The molecule has 29 heavy (non-hydrogen) atoms. The lowest BCUT2D eigenvalue weighted by Crippen LogP contribution is -2.34. The number of aliphatic hydroxyl groups is 2. The van der Waals surface area contributed by atoms with E-state index in [1.54, 1.807) is 0 Å². The number of hydrogen-bond acceptors (Lipinski definition) is 9. The summed E-state index contributed by atoms with van der Waals surface area (Å²) < 4.78 is 25.2. The van der Waals surface area contributed by atoms with E-state index in [4.69, 9.17) is 15.2 Å². The minimum atomic E-state index is -1.30. The molecule has 11 heteroatoms. The van der Waals surface area contributed by atoms with Gasteiger partial charge in [0.05, 0.1) is 12.7 Å². The van der Waals surface area contributed by atoms with Gasteiger partial charge in [0, 0.05) is 0 Å². The standard InChI is InChI=1S/C18H18FN5O5/c19-10-3-1-9(2-4-10)5-12(25)28-6-11-14(26)15(27)18(29-11)24-8-23-13-16(20)21-7-22-17(13)24/h1-4,7-8,11,14-15,18,26-27H,5-6H2,(H2,20,21,22)/t11-,14-,15-,18-/m1/s1. The van der Waals surface area contributed by atoms with Crippen LogP contribution in [0.2, 0.25) is 0 Å². The number of rotatable bonds is 5. The molecule has 1 aromatic carbocycles. The summed E-state index contributed by atoms with van der Waals surface area (Å²) in [5.74, 6) is -0.796. The van der Waals surface area contributed by atoms with Crippen molar-refractivity contribution in [3.05, 3.63) is 48.3 Å². The molecule has 3 heterocycles. The van der Waals surface area contributed by atoms with Crippen LogP contribution in [0, 0.1) is 5.82 Å². The predicted molar refractivity (Wildman–Crippen MR) is 96.7 cm³/mol. The maximum Gasteiger partial charge on any atom is 0.310 e. The Hall–Kier alpha value is -3.15. The fourth-order valence-electron chi connectivity index (χ4n) is 3.15. The van der Waals surface area contributed by atoms with Crippen molar-refractivity contribution in [2.24, 2.45) is 0 Å². The van der Waals surface area contributed by atoms with E-state index < -0.39 is 36.3 Å². The van der Waals surface area contributed by atoms with Gasteiger partial charge in [-0.3, -0.25) is 9.36 Å². The zero-order valence-electron chi connectivity index (χ0n) is 15.1. The molecule has 1 saturated heterocycles. The molecule has 0 radical (unpaired) electrons. The topological polar surface area (TPSA) is 146 Å². The molecule has 4 atom stereocenters. The Morgan fingerprint density at radius 1 is 1.21 bits per heavy atom. The van der Waals surface area contributed by atoms with Gasteiger partial charge >= 0.3 is 5.97 Å². The Balaban J connectivity index is 1.41. The molecule has 0 amide bonds. The molecule has 1 fully saturated rings. The third kappa shape index (κ3) is 3.75. The monoisotopic (exact) mass is 403 g/mol. The summed E-state index contributed by atoms with van der Waals surface area (Å²) in [5, 5.41) is 20.7. The van der Waals surface area contributed by atoms with Gasteiger partial charge in [0.2, 0.25) is 0 Å². The molecule has 10 nitrogen and oxygen atoms in total. The number of anilines is 1. The van der Waals surface area contributed by atoms with E-state index >= 15 is 0 Å². The average Bonchev–Trinajstić information content (AvgIpc) is 3.25. The highest BCUT2D eigenvalue weighted by Crippen LogP contribution is 2.32. The number of nitrogen functional groups attached to an aromatic ring is 1. The number of benzene rings is 1.